The van der Waals surface area contributed by atoms with Crippen LogP contribution >= 0.6 is 15.9 Å². The number of halogens is 1. The third kappa shape index (κ3) is 4.10. The van der Waals surface area contributed by atoms with Crippen molar-refractivity contribution in [3.8, 4) is 0 Å². The highest BCUT2D eigenvalue weighted by atomic mass is 79.9. The molecule has 1 aliphatic rings. The van der Waals surface area contributed by atoms with Crippen molar-refractivity contribution in [3.05, 3.63) is 22.4 Å². The number of likely N-dealkylation sites (tertiary alicyclic amines) is 1. The minimum absolute atomic E-state index is 0.0194. The van der Waals surface area contributed by atoms with Gasteiger partial charge in [0.05, 0.1) is 0 Å². The van der Waals surface area contributed by atoms with Crippen molar-refractivity contribution in [1.29, 1.82) is 0 Å². The monoisotopic (exact) mass is 370 g/mol. The summed E-state index contributed by atoms with van der Waals surface area (Å²) < 4.78 is 2.72. The number of nitrogens with two attached hydrogens (primary N) is 1. The number of piperidine rings is 1. The summed E-state index contributed by atoms with van der Waals surface area (Å²) >= 11 is 3.40. The Hall–Kier alpha value is -1.34. The zero-order chi connectivity index (χ0) is 16.1. The number of amides is 2. The number of aromatic nitrogens is 1. The Kier molecular flexibility index (Phi) is 6.02. The highest BCUT2D eigenvalue weighted by Gasteiger charge is 2.29. The van der Waals surface area contributed by atoms with Gasteiger partial charge in [0.2, 0.25) is 5.91 Å². The zero-order valence-electron chi connectivity index (χ0n) is 12.8. The summed E-state index contributed by atoms with van der Waals surface area (Å²) in [6.07, 6.45) is 5.20. The topological polar surface area (TPSA) is 80.4 Å². The van der Waals surface area contributed by atoms with Gasteiger partial charge in [-0.1, -0.05) is 0 Å². The number of rotatable bonds is 5. The summed E-state index contributed by atoms with van der Waals surface area (Å²) in [5, 5.41) is 2.88. The Balaban J connectivity index is 2.04. The van der Waals surface area contributed by atoms with Gasteiger partial charge in [0, 0.05) is 49.8 Å². The molecule has 1 saturated heterocycles. The van der Waals surface area contributed by atoms with Crippen LogP contribution in [0.3, 0.4) is 0 Å². The quantitative estimate of drug-likeness (QED) is 0.818. The van der Waals surface area contributed by atoms with E-state index in [1.807, 2.05) is 28.8 Å². The lowest BCUT2D eigenvalue weighted by Crippen LogP contribution is -2.49. The SMILES string of the molecule is Cn1cc(Br)cc1C(=O)N1CCCCC1CNC(=O)CCN. The molecule has 3 N–H and O–H groups in total. The van der Waals surface area contributed by atoms with Crippen molar-refractivity contribution in [2.24, 2.45) is 12.8 Å². The van der Waals surface area contributed by atoms with E-state index in [0.717, 1.165) is 30.3 Å². The molecule has 0 spiro atoms. The molecule has 2 amide bonds. The maximum atomic E-state index is 12.8. The molecule has 2 heterocycles. The van der Waals surface area contributed by atoms with E-state index in [1.165, 1.54) is 0 Å². The molecule has 1 aliphatic heterocycles. The van der Waals surface area contributed by atoms with Crippen LogP contribution in [0.2, 0.25) is 0 Å². The van der Waals surface area contributed by atoms with Gasteiger partial charge in [0.15, 0.2) is 0 Å². The first-order chi connectivity index (χ1) is 10.5. The number of hydrogen-bond acceptors (Lipinski definition) is 3. The number of nitrogens with zero attached hydrogens (tertiary/aromatic N) is 2. The van der Waals surface area contributed by atoms with E-state index in [4.69, 9.17) is 5.73 Å². The predicted octanol–water partition coefficient (Wildman–Crippen LogP) is 1.25. The van der Waals surface area contributed by atoms with Crippen LogP contribution in [0.4, 0.5) is 0 Å². The van der Waals surface area contributed by atoms with Crippen molar-refractivity contribution in [2.75, 3.05) is 19.6 Å². The third-order valence-electron chi connectivity index (χ3n) is 3.98. The van der Waals surface area contributed by atoms with Crippen molar-refractivity contribution < 1.29 is 9.59 Å². The minimum Gasteiger partial charge on any atom is -0.354 e. The molecule has 2 rings (SSSR count). The van der Waals surface area contributed by atoms with E-state index in [2.05, 4.69) is 21.2 Å². The molecule has 1 fully saturated rings. The molecular formula is C15H23BrN4O2. The van der Waals surface area contributed by atoms with Crippen molar-refractivity contribution in [2.45, 2.75) is 31.7 Å². The second kappa shape index (κ2) is 7.78. The Morgan fingerprint density at radius 2 is 2.23 bits per heavy atom. The first kappa shape index (κ1) is 17.0. The summed E-state index contributed by atoms with van der Waals surface area (Å²) in [5.74, 6) is -0.0342. The van der Waals surface area contributed by atoms with Crippen LogP contribution in [0.15, 0.2) is 16.7 Å². The molecule has 0 bridgehead atoms. The maximum absolute atomic E-state index is 12.8. The molecule has 7 heteroatoms. The first-order valence-electron chi connectivity index (χ1n) is 7.62. The van der Waals surface area contributed by atoms with Gasteiger partial charge in [-0.15, -0.1) is 0 Å². The predicted molar refractivity (Wildman–Crippen MR) is 88.5 cm³/mol. The normalized spacial score (nSPS) is 18.3. The van der Waals surface area contributed by atoms with Gasteiger partial charge in [-0.3, -0.25) is 9.59 Å². The summed E-state index contributed by atoms with van der Waals surface area (Å²) in [4.78, 5) is 26.2. The molecule has 1 atom stereocenters. The lowest BCUT2D eigenvalue weighted by Gasteiger charge is -2.36. The number of nitrogens with one attached hydrogen (secondary N) is 1. The molecule has 0 aromatic carbocycles. The highest BCUT2D eigenvalue weighted by molar-refractivity contribution is 9.10. The van der Waals surface area contributed by atoms with Crippen molar-refractivity contribution >= 4 is 27.7 Å². The molecule has 22 heavy (non-hydrogen) atoms. The lowest BCUT2D eigenvalue weighted by atomic mass is 10.0. The van der Waals surface area contributed by atoms with Gasteiger partial charge in [-0.2, -0.15) is 0 Å². The van der Waals surface area contributed by atoms with Crippen LogP contribution in [-0.4, -0.2) is 47.0 Å². The van der Waals surface area contributed by atoms with Crippen molar-refractivity contribution in [3.63, 3.8) is 0 Å². The van der Waals surface area contributed by atoms with Gasteiger partial charge in [-0.05, 0) is 41.3 Å². The van der Waals surface area contributed by atoms with Crippen molar-refractivity contribution in [1.82, 2.24) is 14.8 Å². The second-order valence-corrected chi connectivity index (χ2v) is 6.56. The van der Waals surface area contributed by atoms with Crippen LogP contribution in [0, 0.1) is 0 Å². The standard InChI is InChI=1S/C15H23BrN4O2/c1-19-10-11(16)8-13(19)15(22)20-7-3-2-4-12(20)9-18-14(21)5-6-17/h8,10,12H,2-7,9,17H2,1H3,(H,18,21). The Bertz CT molecular complexity index is 544. The van der Waals surface area contributed by atoms with E-state index < -0.39 is 0 Å². The van der Waals surface area contributed by atoms with E-state index in [-0.39, 0.29) is 17.9 Å². The number of hydrogen-bond donors (Lipinski definition) is 2. The molecule has 1 aromatic rings. The van der Waals surface area contributed by atoms with Crippen LogP contribution in [0.25, 0.3) is 0 Å². The summed E-state index contributed by atoms with van der Waals surface area (Å²) in [7, 11) is 1.86. The molecule has 0 aliphatic carbocycles. The average molecular weight is 371 g/mol. The Labute approximate surface area is 139 Å². The smallest absolute Gasteiger partial charge is 0.270 e. The molecule has 0 radical (unpaired) electrons. The fourth-order valence-electron chi connectivity index (χ4n) is 2.82. The van der Waals surface area contributed by atoms with Gasteiger partial charge in [0.1, 0.15) is 5.69 Å². The number of carbonyl (C=O) groups is 2. The third-order valence-corrected chi connectivity index (χ3v) is 4.42. The fourth-order valence-corrected chi connectivity index (χ4v) is 3.34. The largest absolute Gasteiger partial charge is 0.354 e. The molecular weight excluding hydrogens is 348 g/mol. The van der Waals surface area contributed by atoms with Gasteiger partial charge < -0.3 is 20.5 Å². The summed E-state index contributed by atoms with van der Waals surface area (Å²) in [6, 6.07) is 1.89. The summed E-state index contributed by atoms with van der Waals surface area (Å²) in [6.45, 7) is 1.58. The van der Waals surface area contributed by atoms with E-state index in [1.54, 1.807) is 0 Å². The van der Waals surface area contributed by atoms with Gasteiger partial charge >= 0.3 is 0 Å². The van der Waals surface area contributed by atoms with Crippen LogP contribution < -0.4 is 11.1 Å². The van der Waals surface area contributed by atoms with Crippen LogP contribution in [-0.2, 0) is 11.8 Å². The molecule has 0 saturated carbocycles. The van der Waals surface area contributed by atoms with Gasteiger partial charge in [-0.25, -0.2) is 0 Å². The first-order valence-corrected chi connectivity index (χ1v) is 8.42. The average Bonchev–Trinajstić information content (AvgIpc) is 2.84. The number of carbonyl (C=O) groups excluding carboxylic acids is 2. The second-order valence-electron chi connectivity index (χ2n) is 5.65. The Morgan fingerprint density at radius 3 is 2.86 bits per heavy atom. The number of aryl methyl sites for hydroxylation is 1. The lowest BCUT2D eigenvalue weighted by molar-refractivity contribution is -0.121. The molecule has 122 valence electrons. The summed E-state index contributed by atoms with van der Waals surface area (Å²) in [5.41, 5.74) is 6.04. The zero-order valence-corrected chi connectivity index (χ0v) is 14.4. The molecule has 6 nitrogen and oxygen atoms in total. The molecule has 1 aromatic heterocycles. The fraction of sp³-hybridized carbons (Fsp3) is 0.600. The van der Waals surface area contributed by atoms with Gasteiger partial charge in [0.25, 0.3) is 5.91 Å². The van der Waals surface area contributed by atoms with Crippen LogP contribution in [0.1, 0.15) is 36.2 Å². The van der Waals surface area contributed by atoms with E-state index >= 15 is 0 Å². The van der Waals surface area contributed by atoms with E-state index in [9.17, 15) is 9.59 Å². The highest BCUT2D eigenvalue weighted by Crippen LogP contribution is 2.21. The Morgan fingerprint density at radius 1 is 1.45 bits per heavy atom. The van der Waals surface area contributed by atoms with Crippen LogP contribution in [0.5, 0.6) is 0 Å². The molecule has 1 unspecified atom stereocenters. The van der Waals surface area contributed by atoms with E-state index in [0.29, 0.717) is 25.2 Å². The minimum atomic E-state index is -0.0536. The maximum Gasteiger partial charge on any atom is 0.270 e.